The fraction of sp³-hybridized carbons (Fsp3) is 0.217. The third-order valence-corrected chi connectivity index (χ3v) is 5.61. The van der Waals surface area contributed by atoms with Gasteiger partial charge in [-0.05, 0) is 42.3 Å². The quantitative estimate of drug-likeness (QED) is 0.486. The van der Waals surface area contributed by atoms with Crippen molar-refractivity contribution < 1.29 is 9.90 Å². The summed E-state index contributed by atoms with van der Waals surface area (Å²) in [4.78, 5) is 44.2. The number of aromatic nitrogens is 3. The summed E-state index contributed by atoms with van der Waals surface area (Å²) in [5, 5.41) is 10.2. The molecular weight excluding hydrogens is 410 g/mol. The van der Waals surface area contributed by atoms with Crippen LogP contribution in [0, 0.1) is 0 Å². The minimum atomic E-state index is -1.11. The maximum atomic E-state index is 13.5. The van der Waals surface area contributed by atoms with Crippen molar-refractivity contribution in [3.8, 4) is 5.69 Å². The van der Waals surface area contributed by atoms with Gasteiger partial charge in [0, 0.05) is 38.4 Å². The SMILES string of the molecule is CN(C)c1ccc2c(c1)c(=O)n(-c1ccc(C[C@H](N)C(=O)O)c3cccnc13)c(=O)n2C. The molecule has 0 saturated heterocycles. The van der Waals surface area contributed by atoms with Crippen LogP contribution in [0.5, 0.6) is 0 Å². The van der Waals surface area contributed by atoms with Gasteiger partial charge in [-0.2, -0.15) is 0 Å². The van der Waals surface area contributed by atoms with Crippen LogP contribution >= 0.6 is 0 Å². The Balaban J connectivity index is 2.03. The maximum Gasteiger partial charge on any atom is 0.335 e. The predicted molar refractivity (Wildman–Crippen MR) is 124 cm³/mol. The van der Waals surface area contributed by atoms with Crippen molar-refractivity contribution in [3.63, 3.8) is 0 Å². The fourth-order valence-corrected chi connectivity index (χ4v) is 3.84. The lowest BCUT2D eigenvalue weighted by molar-refractivity contribution is -0.138. The molecule has 2 aromatic carbocycles. The smallest absolute Gasteiger partial charge is 0.335 e. The van der Waals surface area contributed by atoms with E-state index in [1.54, 1.807) is 49.6 Å². The Bertz CT molecular complexity index is 1490. The van der Waals surface area contributed by atoms with Crippen LogP contribution in [0.4, 0.5) is 5.69 Å². The van der Waals surface area contributed by atoms with Gasteiger partial charge in [0.1, 0.15) is 6.04 Å². The van der Waals surface area contributed by atoms with Crippen LogP contribution in [-0.2, 0) is 18.3 Å². The first-order valence-electron chi connectivity index (χ1n) is 9.99. The number of carboxylic acids is 1. The molecule has 0 aliphatic rings. The molecule has 2 heterocycles. The van der Waals surface area contributed by atoms with E-state index in [-0.39, 0.29) is 6.42 Å². The summed E-state index contributed by atoms with van der Waals surface area (Å²) in [5.41, 5.74) is 7.57. The molecule has 0 aliphatic carbocycles. The zero-order valence-corrected chi connectivity index (χ0v) is 17.9. The molecule has 0 amide bonds. The van der Waals surface area contributed by atoms with E-state index in [0.29, 0.717) is 33.1 Å². The highest BCUT2D eigenvalue weighted by atomic mass is 16.4. The minimum absolute atomic E-state index is 0.0919. The molecule has 164 valence electrons. The molecule has 0 fully saturated rings. The van der Waals surface area contributed by atoms with Crippen molar-refractivity contribution >= 4 is 33.5 Å². The highest BCUT2D eigenvalue weighted by Gasteiger charge is 2.19. The lowest BCUT2D eigenvalue weighted by Gasteiger charge is -2.17. The second-order valence-electron chi connectivity index (χ2n) is 7.87. The molecule has 0 unspecified atom stereocenters. The molecule has 0 radical (unpaired) electrons. The third kappa shape index (κ3) is 3.42. The monoisotopic (exact) mass is 433 g/mol. The van der Waals surface area contributed by atoms with E-state index in [0.717, 1.165) is 10.3 Å². The second kappa shape index (κ2) is 7.93. The minimum Gasteiger partial charge on any atom is -0.480 e. The van der Waals surface area contributed by atoms with Gasteiger partial charge in [0.25, 0.3) is 5.56 Å². The van der Waals surface area contributed by atoms with Crippen molar-refractivity contribution in [2.45, 2.75) is 12.5 Å². The predicted octanol–water partition coefficient (Wildman–Crippen LogP) is 1.26. The molecule has 0 bridgehead atoms. The molecule has 3 N–H and O–H groups in total. The Morgan fingerprint density at radius 2 is 1.91 bits per heavy atom. The molecule has 0 saturated carbocycles. The number of aryl methyl sites for hydroxylation is 1. The van der Waals surface area contributed by atoms with Gasteiger partial charge in [-0.3, -0.25) is 19.1 Å². The number of fused-ring (bicyclic) bond motifs is 2. The first kappa shape index (κ1) is 21.3. The van der Waals surface area contributed by atoms with Crippen LogP contribution in [0.3, 0.4) is 0 Å². The summed E-state index contributed by atoms with van der Waals surface area (Å²) < 4.78 is 2.54. The van der Waals surface area contributed by atoms with Gasteiger partial charge in [-0.15, -0.1) is 0 Å². The first-order valence-corrected chi connectivity index (χ1v) is 9.99. The Morgan fingerprint density at radius 3 is 2.59 bits per heavy atom. The van der Waals surface area contributed by atoms with E-state index in [4.69, 9.17) is 5.73 Å². The van der Waals surface area contributed by atoms with Crippen LogP contribution in [0.1, 0.15) is 5.56 Å². The van der Waals surface area contributed by atoms with Gasteiger partial charge in [0.05, 0.1) is 22.1 Å². The molecular formula is C23H23N5O4. The average molecular weight is 433 g/mol. The topological polar surface area (TPSA) is 123 Å². The van der Waals surface area contributed by atoms with E-state index < -0.39 is 23.3 Å². The summed E-state index contributed by atoms with van der Waals surface area (Å²) in [5.74, 6) is -1.11. The van der Waals surface area contributed by atoms with Crippen molar-refractivity contribution in [3.05, 3.63) is 75.1 Å². The van der Waals surface area contributed by atoms with Gasteiger partial charge in [0.2, 0.25) is 0 Å². The summed E-state index contributed by atoms with van der Waals surface area (Å²) in [6, 6.07) is 11.1. The molecule has 4 rings (SSSR count). The maximum absolute atomic E-state index is 13.5. The Kier molecular flexibility index (Phi) is 5.27. The number of rotatable bonds is 5. The van der Waals surface area contributed by atoms with Crippen LogP contribution in [0.15, 0.2) is 58.3 Å². The van der Waals surface area contributed by atoms with E-state index in [1.165, 1.54) is 4.57 Å². The van der Waals surface area contributed by atoms with Crippen LogP contribution in [0.25, 0.3) is 27.5 Å². The molecule has 32 heavy (non-hydrogen) atoms. The normalized spacial score (nSPS) is 12.2. The van der Waals surface area contributed by atoms with Gasteiger partial charge < -0.3 is 15.7 Å². The van der Waals surface area contributed by atoms with Crippen molar-refractivity contribution in [1.29, 1.82) is 0 Å². The third-order valence-electron chi connectivity index (χ3n) is 5.61. The number of nitrogens with two attached hydrogens (primary N) is 1. The number of pyridine rings is 1. The number of benzene rings is 2. The number of anilines is 1. The van der Waals surface area contributed by atoms with Crippen molar-refractivity contribution in [2.75, 3.05) is 19.0 Å². The lowest BCUT2D eigenvalue weighted by Crippen LogP contribution is -2.38. The highest BCUT2D eigenvalue weighted by molar-refractivity contribution is 5.90. The Hall–Kier alpha value is -3.98. The van der Waals surface area contributed by atoms with Gasteiger partial charge >= 0.3 is 11.7 Å². The van der Waals surface area contributed by atoms with E-state index in [1.807, 2.05) is 25.1 Å². The largest absolute Gasteiger partial charge is 0.480 e. The summed E-state index contributed by atoms with van der Waals surface area (Å²) >= 11 is 0. The van der Waals surface area contributed by atoms with Gasteiger partial charge in [-0.25, -0.2) is 9.36 Å². The Labute approximate surface area is 182 Å². The van der Waals surface area contributed by atoms with Crippen LogP contribution in [-0.4, -0.2) is 45.3 Å². The highest BCUT2D eigenvalue weighted by Crippen LogP contribution is 2.24. The summed E-state index contributed by atoms with van der Waals surface area (Å²) in [7, 11) is 5.37. The number of carboxylic acid groups (broad SMARTS) is 1. The molecule has 0 aliphatic heterocycles. The molecule has 4 aromatic rings. The standard InChI is InChI=1S/C23H23N5O4/c1-26(2)14-7-9-18-16(12-14)21(29)28(23(32)27(18)3)19-8-6-13(11-17(24)22(30)31)15-5-4-10-25-20(15)19/h4-10,12,17H,11,24H2,1-3H3,(H,30,31)/t17-/m0/s1. The zero-order valence-electron chi connectivity index (χ0n) is 17.9. The number of nitrogens with zero attached hydrogens (tertiary/aromatic N) is 4. The van der Waals surface area contributed by atoms with Crippen molar-refractivity contribution in [2.24, 2.45) is 12.8 Å². The van der Waals surface area contributed by atoms with Crippen LogP contribution < -0.4 is 21.9 Å². The summed E-state index contributed by atoms with van der Waals surface area (Å²) in [6.07, 6.45) is 1.65. The molecule has 9 heteroatoms. The summed E-state index contributed by atoms with van der Waals surface area (Å²) in [6.45, 7) is 0. The number of carbonyl (C=O) groups is 1. The first-order chi connectivity index (χ1) is 15.2. The van der Waals surface area contributed by atoms with Crippen molar-refractivity contribution in [1.82, 2.24) is 14.1 Å². The number of hydrogen-bond acceptors (Lipinski definition) is 6. The molecule has 2 aromatic heterocycles. The van der Waals surface area contributed by atoms with E-state index >= 15 is 0 Å². The Morgan fingerprint density at radius 1 is 1.16 bits per heavy atom. The van der Waals surface area contributed by atoms with E-state index in [2.05, 4.69) is 4.98 Å². The average Bonchev–Trinajstić information content (AvgIpc) is 2.78. The number of hydrogen-bond donors (Lipinski definition) is 2. The fourth-order valence-electron chi connectivity index (χ4n) is 3.84. The molecule has 0 spiro atoms. The van der Waals surface area contributed by atoms with Gasteiger partial charge in [0.15, 0.2) is 0 Å². The van der Waals surface area contributed by atoms with Gasteiger partial charge in [-0.1, -0.05) is 12.1 Å². The second-order valence-corrected chi connectivity index (χ2v) is 7.87. The number of aliphatic carboxylic acids is 1. The molecule has 1 atom stereocenters. The molecule has 9 nitrogen and oxygen atoms in total. The lowest BCUT2D eigenvalue weighted by atomic mass is 10.0. The van der Waals surface area contributed by atoms with Crippen LogP contribution in [0.2, 0.25) is 0 Å². The zero-order chi connectivity index (χ0) is 23.2. The van der Waals surface area contributed by atoms with E-state index in [9.17, 15) is 19.5 Å².